The molecular formula is C24H38O5. The van der Waals surface area contributed by atoms with Gasteiger partial charge < -0.3 is 14.2 Å². The molecule has 0 radical (unpaired) electrons. The molecule has 5 heteroatoms. The van der Waals surface area contributed by atoms with Crippen molar-refractivity contribution in [1.82, 2.24) is 0 Å². The molecule has 4 atom stereocenters. The summed E-state index contributed by atoms with van der Waals surface area (Å²) < 4.78 is 17.2. The molecule has 5 nitrogen and oxygen atoms in total. The predicted octanol–water partition coefficient (Wildman–Crippen LogP) is 5.28. The fourth-order valence-corrected chi connectivity index (χ4v) is 4.39. The third-order valence-electron chi connectivity index (χ3n) is 6.26. The molecular weight excluding hydrogens is 368 g/mol. The van der Waals surface area contributed by atoms with E-state index in [9.17, 15) is 9.59 Å². The maximum Gasteiger partial charge on any atom is 0.303 e. The second-order valence-corrected chi connectivity index (χ2v) is 9.54. The van der Waals surface area contributed by atoms with Crippen molar-refractivity contribution < 1.29 is 23.8 Å². The lowest BCUT2D eigenvalue weighted by atomic mass is 9.82. The zero-order valence-corrected chi connectivity index (χ0v) is 19.2. The smallest absolute Gasteiger partial charge is 0.303 e. The molecule has 1 fully saturated rings. The van der Waals surface area contributed by atoms with Gasteiger partial charge in [-0.1, -0.05) is 17.2 Å². The molecule has 29 heavy (non-hydrogen) atoms. The van der Waals surface area contributed by atoms with E-state index in [4.69, 9.17) is 14.2 Å². The van der Waals surface area contributed by atoms with E-state index in [-0.39, 0.29) is 35.7 Å². The first kappa shape index (κ1) is 23.7. The number of fused-ring (bicyclic) bond motifs is 1. The van der Waals surface area contributed by atoms with Gasteiger partial charge >= 0.3 is 11.9 Å². The van der Waals surface area contributed by atoms with E-state index in [1.54, 1.807) is 0 Å². The second-order valence-electron chi connectivity index (χ2n) is 9.54. The first-order chi connectivity index (χ1) is 13.4. The molecule has 2 aliphatic rings. The Bertz CT molecular complexity index is 675. The summed E-state index contributed by atoms with van der Waals surface area (Å²) in [6.45, 7) is 13.3. The van der Waals surface area contributed by atoms with Crippen molar-refractivity contribution in [2.45, 2.75) is 110 Å². The average Bonchev–Trinajstić information content (AvgIpc) is 3.19. The Balaban J connectivity index is 2.23. The van der Waals surface area contributed by atoms with Crippen LogP contribution in [0.1, 0.15) is 87.0 Å². The SMILES string of the molecule is CC(=O)O[C@@H]1/C=C(\C)CC[C@@H](C(C)(C)OC(C)=O)C/C=C(\C)CC[C@@H]2O[C@]2(C)C1. The third-order valence-corrected chi connectivity index (χ3v) is 6.26. The molecule has 0 amide bonds. The Morgan fingerprint density at radius 2 is 1.76 bits per heavy atom. The fraction of sp³-hybridized carbons (Fsp3) is 0.750. The molecule has 0 aromatic heterocycles. The zero-order chi connectivity index (χ0) is 21.8. The Hall–Kier alpha value is -1.62. The van der Waals surface area contributed by atoms with Gasteiger partial charge in [0.2, 0.25) is 0 Å². The third kappa shape index (κ3) is 7.29. The average molecular weight is 407 g/mol. The predicted molar refractivity (Wildman–Crippen MR) is 113 cm³/mol. The van der Waals surface area contributed by atoms with Crippen molar-refractivity contribution in [1.29, 1.82) is 0 Å². The molecule has 1 saturated heterocycles. The minimum Gasteiger partial charge on any atom is -0.460 e. The van der Waals surface area contributed by atoms with Crippen LogP contribution in [0, 0.1) is 5.92 Å². The minimum absolute atomic E-state index is 0.203. The highest BCUT2D eigenvalue weighted by molar-refractivity contribution is 5.66. The number of hydrogen-bond donors (Lipinski definition) is 0. The molecule has 0 saturated carbocycles. The van der Waals surface area contributed by atoms with Crippen LogP contribution in [0.25, 0.3) is 0 Å². The molecule has 0 bridgehead atoms. The van der Waals surface area contributed by atoms with Crippen LogP contribution in [0.3, 0.4) is 0 Å². The number of carbonyl (C=O) groups excluding carboxylic acids is 2. The van der Waals surface area contributed by atoms with Crippen molar-refractivity contribution in [2.75, 3.05) is 0 Å². The summed E-state index contributed by atoms with van der Waals surface area (Å²) >= 11 is 0. The van der Waals surface area contributed by atoms with Gasteiger partial charge in [0, 0.05) is 26.2 Å². The van der Waals surface area contributed by atoms with Crippen LogP contribution in [0.2, 0.25) is 0 Å². The standard InChI is InChI=1S/C24H38O5/c1-16-8-11-20(23(5,6)28-19(4)26)12-9-17(2)14-21(27-18(3)25)15-24(7)22(29-24)13-10-16/h8,14,20-22H,9-13,15H2,1-7H3/b16-8+,17-14+/t20-,21+,22-,24+/m0/s1. The Labute approximate surface area is 175 Å². The molecule has 0 N–H and O–H groups in total. The molecule has 0 unspecified atom stereocenters. The summed E-state index contributed by atoms with van der Waals surface area (Å²) in [6, 6.07) is 0. The van der Waals surface area contributed by atoms with Gasteiger partial charge in [-0.15, -0.1) is 0 Å². The quantitative estimate of drug-likeness (QED) is 0.362. The van der Waals surface area contributed by atoms with E-state index in [2.05, 4.69) is 32.9 Å². The zero-order valence-electron chi connectivity index (χ0n) is 19.2. The van der Waals surface area contributed by atoms with Crippen molar-refractivity contribution in [3.63, 3.8) is 0 Å². The summed E-state index contributed by atoms with van der Waals surface area (Å²) in [6.07, 6.45) is 9.54. The summed E-state index contributed by atoms with van der Waals surface area (Å²) in [5.41, 5.74) is 1.76. The molecule has 0 aromatic rings. The van der Waals surface area contributed by atoms with Gasteiger partial charge in [0.05, 0.1) is 11.7 Å². The number of allylic oxidation sites excluding steroid dienone is 3. The largest absolute Gasteiger partial charge is 0.460 e. The van der Waals surface area contributed by atoms with Gasteiger partial charge in [-0.05, 0) is 72.8 Å². The van der Waals surface area contributed by atoms with Crippen molar-refractivity contribution in [3.8, 4) is 0 Å². The van der Waals surface area contributed by atoms with Crippen molar-refractivity contribution in [2.24, 2.45) is 5.92 Å². The Morgan fingerprint density at radius 1 is 1.10 bits per heavy atom. The van der Waals surface area contributed by atoms with Crippen LogP contribution in [0.4, 0.5) is 0 Å². The van der Waals surface area contributed by atoms with E-state index < -0.39 is 5.60 Å². The van der Waals surface area contributed by atoms with Crippen molar-refractivity contribution >= 4 is 11.9 Å². The van der Waals surface area contributed by atoms with E-state index in [1.807, 2.05) is 13.8 Å². The van der Waals surface area contributed by atoms with Crippen LogP contribution in [0.15, 0.2) is 23.3 Å². The Morgan fingerprint density at radius 3 is 2.38 bits per heavy atom. The molecule has 0 spiro atoms. The normalized spacial score (nSPS) is 35.1. The summed E-state index contributed by atoms with van der Waals surface area (Å²) in [5, 5.41) is 0. The van der Waals surface area contributed by atoms with E-state index in [0.717, 1.165) is 32.1 Å². The highest BCUT2D eigenvalue weighted by Crippen LogP contribution is 2.44. The van der Waals surface area contributed by atoms with E-state index >= 15 is 0 Å². The van der Waals surface area contributed by atoms with E-state index in [1.165, 1.54) is 25.0 Å². The fourth-order valence-electron chi connectivity index (χ4n) is 4.39. The highest BCUT2D eigenvalue weighted by Gasteiger charge is 2.52. The highest BCUT2D eigenvalue weighted by atomic mass is 16.6. The number of rotatable bonds is 3. The lowest BCUT2D eigenvalue weighted by molar-refractivity contribution is -0.159. The van der Waals surface area contributed by atoms with Crippen LogP contribution < -0.4 is 0 Å². The summed E-state index contributed by atoms with van der Waals surface area (Å²) in [5.74, 6) is -0.307. The first-order valence-corrected chi connectivity index (χ1v) is 10.8. The van der Waals surface area contributed by atoms with Crippen LogP contribution in [-0.4, -0.2) is 35.3 Å². The van der Waals surface area contributed by atoms with Crippen LogP contribution >= 0.6 is 0 Å². The maximum absolute atomic E-state index is 11.6. The number of ether oxygens (including phenoxy) is 3. The van der Waals surface area contributed by atoms with E-state index in [0.29, 0.717) is 6.42 Å². The molecule has 1 heterocycles. The lowest BCUT2D eigenvalue weighted by Crippen LogP contribution is -2.36. The van der Waals surface area contributed by atoms with Gasteiger partial charge in [0.15, 0.2) is 0 Å². The van der Waals surface area contributed by atoms with Crippen LogP contribution in [0.5, 0.6) is 0 Å². The van der Waals surface area contributed by atoms with Gasteiger partial charge in [-0.25, -0.2) is 0 Å². The minimum atomic E-state index is -0.534. The van der Waals surface area contributed by atoms with Gasteiger partial charge in [0.25, 0.3) is 0 Å². The van der Waals surface area contributed by atoms with Crippen LogP contribution in [-0.2, 0) is 23.8 Å². The molecule has 1 aliphatic carbocycles. The number of epoxide rings is 1. The topological polar surface area (TPSA) is 65.1 Å². The van der Waals surface area contributed by atoms with Crippen molar-refractivity contribution in [3.05, 3.63) is 23.3 Å². The summed E-state index contributed by atoms with van der Waals surface area (Å²) in [7, 11) is 0. The molecule has 0 aromatic carbocycles. The molecule has 164 valence electrons. The number of carbonyl (C=O) groups is 2. The second kappa shape index (κ2) is 9.46. The lowest BCUT2D eigenvalue weighted by Gasteiger charge is -2.33. The number of esters is 2. The maximum atomic E-state index is 11.6. The van der Waals surface area contributed by atoms with Gasteiger partial charge in [-0.3, -0.25) is 9.59 Å². The summed E-state index contributed by atoms with van der Waals surface area (Å²) in [4.78, 5) is 23.2. The Kier molecular flexibility index (Phi) is 7.72. The van der Waals surface area contributed by atoms with Gasteiger partial charge in [0.1, 0.15) is 11.7 Å². The monoisotopic (exact) mass is 406 g/mol. The van der Waals surface area contributed by atoms with Gasteiger partial charge in [-0.2, -0.15) is 0 Å². The number of hydrogen-bond acceptors (Lipinski definition) is 5. The molecule has 1 aliphatic heterocycles. The first-order valence-electron chi connectivity index (χ1n) is 10.8. The molecule has 2 rings (SSSR count).